The molecule has 280 valence electrons. The van der Waals surface area contributed by atoms with Gasteiger partial charge in [0.15, 0.2) is 0 Å². The Morgan fingerprint density at radius 1 is 0.962 bits per heavy atom. The molecule has 5 unspecified atom stereocenters. The molecule has 0 spiro atoms. The summed E-state index contributed by atoms with van der Waals surface area (Å²) in [6.07, 6.45) is 0.570. The van der Waals surface area contributed by atoms with E-state index in [-0.39, 0.29) is 31.8 Å². The van der Waals surface area contributed by atoms with Crippen molar-refractivity contribution in [2.75, 3.05) is 13.2 Å². The summed E-state index contributed by atoms with van der Waals surface area (Å²) in [5, 5.41) is 12.8. The van der Waals surface area contributed by atoms with E-state index in [0.717, 1.165) is 14.7 Å². The van der Waals surface area contributed by atoms with Crippen molar-refractivity contribution in [2.45, 2.75) is 94.7 Å². The maximum Gasteiger partial charge on any atom is 0.338 e. The number of nitrogens with zero attached hydrogens (tertiary/aromatic N) is 1. The van der Waals surface area contributed by atoms with Gasteiger partial charge in [0.25, 0.3) is 0 Å². The lowest BCUT2D eigenvalue weighted by Gasteiger charge is -2.33. The molecule has 6 rings (SSSR count). The molecule has 0 saturated carbocycles. The molecule has 3 aromatic rings. The van der Waals surface area contributed by atoms with Crippen LogP contribution in [0.3, 0.4) is 0 Å². The number of carbonyl (C=O) groups excluding carboxylic acids is 4. The lowest BCUT2D eigenvalue weighted by atomic mass is 9.91. The average Bonchev–Trinajstić information content (AvgIpc) is 3.80. The number of nitrogens with one attached hydrogen (secondary N) is 1. The first-order valence-electron chi connectivity index (χ1n) is 17.9. The number of likely N-dealkylation sites (tertiary alicyclic amines) is 1. The number of benzene rings is 3. The van der Waals surface area contributed by atoms with Crippen LogP contribution in [0.1, 0.15) is 74.4 Å². The normalized spacial score (nSPS) is 22.7. The van der Waals surface area contributed by atoms with Crippen LogP contribution >= 0.6 is 22.6 Å². The maximum atomic E-state index is 14.4. The third-order valence-electron chi connectivity index (χ3n) is 9.50. The molecule has 0 bridgehead atoms. The van der Waals surface area contributed by atoms with Gasteiger partial charge >= 0.3 is 11.9 Å². The Morgan fingerprint density at radius 3 is 2.21 bits per heavy atom. The Kier molecular flexibility index (Phi) is 12.0. The molecular weight excluding hydrogens is 791 g/mol. The Bertz CT molecular complexity index is 1770. The zero-order valence-electron chi connectivity index (χ0n) is 30.0. The van der Waals surface area contributed by atoms with Gasteiger partial charge in [-0.2, -0.15) is 0 Å². The van der Waals surface area contributed by atoms with Crippen LogP contribution in [0.25, 0.3) is 0 Å². The van der Waals surface area contributed by atoms with E-state index in [9.17, 15) is 24.3 Å². The molecule has 3 aliphatic rings. The number of esters is 2. The second kappa shape index (κ2) is 16.5. The number of aliphatic hydroxyl groups is 1. The highest BCUT2D eigenvalue weighted by Gasteiger charge is 2.55. The second-order valence-electron chi connectivity index (χ2n) is 14.5. The van der Waals surface area contributed by atoms with Crippen LogP contribution in [0.4, 0.5) is 0 Å². The molecule has 3 aromatic carbocycles. The van der Waals surface area contributed by atoms with Gasteiger partial charge in [0, 0.05) is 39.7 Å². The Balaban J connectivity index is 1.25. The first kappa shape index (κ1) is 38.6. The minimum Gasteiger partial charge on any atom is -0.460 e. The van der Waals surface area contributed by atoms with Crippen LogP contribution in [0.2, 0.25) is 0 Å². The second-order valence-corrected chi connectivity index (χ2v) is 15.8. The summed E-state index contributed by atoms with van der Waals surface area (Å²) < 4.78 is 26.1. The van der Waals surface area contributed by atoms with Crippen LogP contribution in [0.5, 0.6) is 0 Å². The SMILES string of the molecule is CC(C)(C)OC(=O)CCC(CO)NC(=O)C1CCCN1C(=O)C1=CC2OC(c3ccccc3)(c3ccccc3)OC2C(OC(=O)c2ccc(I)cc2)C1. The molecule has 2 fully saturated rings. The monoisotopic (exact) mass is 836 g/mol. The number of halogens is 1. The van der Waals surface area contributed by atoms with Crippen molar-refractivity contribution in [2.24, 2.45) is 0 Å². The van der Waals surface area contributed by atoms with E-state index in [1.807, 2.05) is 72.8 Å². The molecule has 53 heavy (non-hydrogen) atoms. The number of aliphatic hydroxyl groups excluding tert-OH is 1. The zero-order chi connectivity index (χ0) is 37.8. The first-order chi connectivity index (χ1) is 25.4. The molecule has 2 heterocycles. The minimum atomic E-state index is -1.35. The Hall–Kier alpha value is -4.11. The van der Waals surface area contributed by atoms with Gasteiger partial charge in [-0.3, -0.25) is 14.4 Å². The standard InChI is InChI=1S/C41H45IN2O9/c1-40(2,3)52-35(46)21-20-31(25-45)43-37(47)32-15-10-22-44(32)38(48)27-23-33(50-39(49)26-16-18-30(42)19-17-26)36-34(24-27)51-41(53-36,28-11-6-4-7-12-28)29-13-8-5-9-14-29/h4-9,11-14,16-19,24,31-34,36,45H,10,15,20-23,25H2,1-3H3,(H,43,47). The summed E-state index contributed by atoms with van der Waals surface area (Å²) >= 11 is 2.17. The van der Waals surface area contributed by atoms with E-state index in [1.54, 1.807) is 39.0 Å². The Morgan fingerprint density at radius 2 is 1.60 bits per heavy atom. The summed E-state index contributed by atoms with van der Waals surface area (Å²) in [6.45, 7) is 5.28. The summed E-state index contributed by atoms with van der Waals surface area (Å²) in [7, 11) is 0. The summed E-state index contributed by atoms with van der Waals surface area (Å²) in [5.41, 5.74) is 1.54. The van der Waals surface area contributed by atoms with Crippen LogP contribution in [-0.2, 0) is 39.1 Å². The molecule has 1 aliphatic carbocycles. The molecule has 12 heteroatoms. The van der Waals surface area contributed by atoms with Crippen LogP contribution < -0.4 is 5.32 Å². The van der Waals surface area contributed by atoms with Crippen molar-refractivity contribution in [1.29, 1.82) is 0 Å². The van der Waals surface area contributed by atoms with E-state index in [4.69, 9.17) is 18.9 Å². The van der Waals surface area contributed by atoms with E-state index in [1.165, 1.54) is 4.90 Å². The highest BCUT2D eigenvalue weighted by atomic mass is 127. The number of fused-ring (bicyclic) bond motifs is 1. The maximum absolute atomic E-state index is 14.4. The fourth-order valence-corrected chi connectivity index (χ4v) is 7.39. The smallest absolute Gasteiger partial charge is 0.338 e. The molecule has 2 N–H and O–H groups in total. The van der Waals surface area contributed by atoms with Crippen LogP contribution in [-0.4, -0.2) is 82.9 Å². The third-order valence-corrected chi connectivity index (χ3v) is 10.2. The molecule has 11 nitrogen and oxygen atoms in total. The van der Waals surface area contributed by atoms with Crippen LogP contribution in [0.15, 0.2) is 96.6 Å². The fourth-order valence-electron chi connectivity index (χ4n) is 7.03. The van der Waals surface area contributed by atoms with Gasteiger partial charge in [0.05, 0.1) is 18.2 Å². The number of hydrogen-bond acceptors (Lipinski definition) is 9. The zero-order valence-corrected chi connectivity index (χ0v) is 32.2. The highest BCUT2D eigenvalue weighted by Crippen LogP contribution is 2.47. The van der Waals surface area contributed by atoms with Crippen molar-refractivity contribution in [3.05, 3.63) is 117 Å². The summed E-state index contributed by atoms with van der Waals surface area (Å²) in [5.74, 6) is -3.12. The predicted molar refractivity (Wildman–Crippen MR) is 203 cm³/mol. The van der Waals surface area contributed by atoms with Crippen molar-refractivity contribution in [3.63, 3.8) is 0 Å². The van der Waals surface area contributed by atoms with E-state index in [0.29, 0.717) is 30.5 Å². The fraction of sp³-hybridized carbons (Fsp3) is 0.415. The van der Waals surface area contributed by atoms with Gasteiger partial charge < -0.3 is 34.3 Å². The quantitative estimate of drug-likeness (QED) is 0.192. The number of ether oxygens (including phenoxy) is 4. The summed E-state index contributed by atoms with van der Waals surface area (Å²) in [4.78, 5) is 55.3. The van der Waals surface area contributed by atoms with Crippen LogP contribution in [0, 0.1) is 3.57 Å². The third kappa shape index (κ3) is 8.99. The number of hydrogen-bond donors (Lipinski definition) is 2. The van der Waals surface area contributed by atoms with Gasteiger partial charge in [-0.15, -0.1) is 0 Å². The van der Waals surface area contributed by atoms with Crippen molar-refractivity contribution < 1.29 is 43.2 Å². The number of amides is 2. The van der Waals surface area contributed by atoms with E-state index >= 15 is 0 Å². The molecule has 0 radical (unpaired) electrons. The average molecular weight is 837 g/mol. The minimum absolute atomic E-state index is 0.0172. The highest BCUT2D eigenvalue weighted by molar-refractivity contribution is 14.1. The van der Waals surface area contributed by atoms with E-state index < -0.39 is 59.6 Å². The van der Waals surface area contributed by atoms with Gasteiger partial charge in [0.1, 0.15) is 30.0 Å². The largest absolute Gasteiger partial charge is 0.460 e. The lowest BCUT2D eigenvalue weighted by molar-refractivity contribution is -0.157. The topological polar surface area (TPSA) is 141 Å². The van der Waals surface area contributed by atoms with Crippen molar-refractivity contribution in [1.82, 2.24) is 10.2 Å². The van der Waals surface area contributed by atoms with Crippen molar-refractivity contribution >= 4 is 46.3 Å². The molecular formula is C41H45IN2O9. The van der Waals surface area contributed by atoms with E-state index in [2.05, 4.69) is 27.9 Å². The lowest BCUT2D eigenvalue weighted by Crippen LogP contribution is -2.51. The van der Waals surface area contributed by atoms with Crippen molar-refractivity contribution in [3.8, 4) is 0 Å². The number of rotatable bonds is 11. The molecule has 5 atom stereocenters. The Labute approximate surface area is 323 Å². The predicted octanol–water partition coefficient (Wildman–Crippen LogP) is 5.42. The molecule has 2 aliphatic heterocycles. The molecule has 2 amide bonds. The van der Waals surface area contributed by atoms with Gasteiger partial charge in [-0.1, -0.05) is 60.7 Å². The summed E-state index contributed by atoms with van der Waals surface area (Å²) in [6, 6.07) is 24.6. The molecule has 2 saturated heterocycles. The van der Waals surface area contributed by atoms with Gasteiger partial charge in [-0.05, 0) is 93.0 Å². The van der Waals surface area contributed by atoms with Gasteiger partial charge in [0.2, 0.25) is 17.6 Å². The number of carbonyl (C=O) groups is 4. The van der Waals surface area contributed by atoms with Gasteiger partial charge in [-0.25, -0.2) is 4.79 Å². The first-order valence-corrected chi connectivity index (χ1v) is 19.0. The molecule has 0 aromatic heterocycles.